The summed E-state index contributed by atoms with van der Waals surface area (Å²) in [6.07, 6.45) is 3.94. The first-order valence-electron chi connectivity index (χ1n) is 6.60. The van der Waals surface area contributed by atoms with Crippen molar-refractivity contribution in [2.45, 2.75) is 25.2 Å². The van der Waals surface area contributed by atoms with E-state index in [-0.39, 0.29) is 0 Å². The second kappa shape index (κ2) is 3.25. The fraction of sp³-hybridized carbons (Fsp3) is 0.375. The first kappa shape index (κ1) is 9.52. The van der Waals surface area contributed by atoms with Gasteiger partial charge in [-0.1, -0.05) is 24.3 Å². The zero-order chi connectivity index (χ0) is 11.4. The highest BCUT2D eigenvalue weighted by molar-refractivity contribution is 5.94. The number of rotatable bonds is 0. The van der Waals surface area contributed by atoms with E-state index in [0.29, 0.717) is 0 Å². The van der Waals surface area contributed by atoms with E-state index in [9.17, 15) is 0 Å². The van der Waals surface area contributed by atoms with E-state index < -0.39 is 0 Å². The van der Waals surface area contributed by atoms with Gasteiger partial charge in [-0.25, -0.2) is 0 Å². The molecule has 2 aromatic rings. The largest absolute Gasteiger partial charge is 0.374 e. The summed E-state index contributed by atoms with van der Waals surface area (Å²) in [5.41, 5.74) is 4.67. The van der Waals surface area contributed by atoms with Crippen molar-refractivity contribution in [1.29, 1.82) is 0 Å². The number of benzene rings is 2. The number of anilines is 1. The summed E-state index contributed by atoms with van der Waals surface area (Å²) in [5.74, 6) is 0.805. The summed E-state index contributed by atoms with van der Waals surface area (Å²) in [6.45, 7) is 1.21. The van der Waals surface area contributed by atoms with Crippen LogP contribution >= 0.6 is 0 Å². The van der Waals surface area contributed by atoms with Crippen LogP contribution in [0.25, 0.3) is 10.8 Å². The van der Waals surface area contributed by atoms with Crippen molar-refractivity contribution in [3.8, 4) is 0 Å². The molecule has 1 aliphatic heterocycles. The Balaban J connectivity index is 2.15. The fourth-order valence-corrected chi connectivity index (χ4v) is 3.66. The lowest BCUT2D eigenvalue weighted by Gasteiger charge is -2.37. The van der Waals surface area contributed by atoms with Gasteiger partial charge in [0.1, 0.15) is 0 Å². The zero-order valence-corrected chi connectivity index (χ0v) is 10.2. The van der Waals surface area contributed by atoms with Gasteiger partial charge in [-0.3, -0.25) is 0 Å². The van der Waals surface area contributed by atoms with E-state index in [4.69, 9.17) is 0 Å². The minimum atomic E-state index is 0.805. The molecule has 2 aliphatic rings. The third-order valence-corrected chi connectivity index (χ3v) is 4.54. The van der Waals surface area contributed by atoms with E-state index in [1.807, 2.05) is 0 Å². The Kier molecular flexibility index (Phi) is 1.82. The van der Waals surface area contributed by atoms with E-state index in [0.717, 1.165) is 5.92 Å². The van der Waals surface area contributed by atoms with Crippen LogP contribution in [0.2, 0.25) is 0 Å². The maximum absolute atomic E-state index is 2.42. The third kappa shape index (κ3) is 1.20. The molecule has 0 aromatic heterocycles. The van der Waals surface area contributed by atoms with Gasteiger partial charge in [0.05, 0.1) is 0 Å². The monoisotopic (exact) mass is 223 g/mol. The molecule has 17 heavy (non-hydrogen) atoms. The fourth-order valence-electron chi connectivity index (χ4n) is 3.66. The van der Waals surface area contributed by atoms with Crippen LogP contribution in [0.15, 0.2) is 30.3 Å². The summed E-state index contributed by atoms with van der Waals surface area (Å²) >= 11 is 0. The second-order valence-electron chi connectivity index (χ2n) is 5.46. The quantitative estimate of drug-likeness (QED) is 0.658. The highest BCUT2D eigenvalue weighted by Gasteiger charge is 2.28. The van der Waals surface area contributed by atoms with Crippen LogP contribution in [0.1, 0.15) is 29.9 Å². The van der Waals surface area contributed by atoms with Crippen LogP contribution < -0.4 is 4.90 Å². The summed E-state index contributed by atoms with van der Waals surface area (Å²) in [7, 11) is 2.23. The van der Waals surface area contributed by atoms with Crippen molar-refractivity contribution in [2.75, 3.05) is 18.5 Å². The lowest BCUT2D eigenvalue weighted by molar-refractivity contribution is 0.548. The molecule has 1 nitrogen and oxygen atoms in total. The van der Waals surface area contributed by atoms with Gasteiger partial charge < -0.3 is 4.90 Å². The van der Waals surface area contributed by atoms with Gasteiger partial charge in [0.2, 0.25) is 0 Å². The number of nitrogens with zero attached hydrogens (tertiary/aromatic N) is 1. The molecule has 1 heterocycles. The molecule has 0 radical (unpaired) electrons. The third-order valence-electron chi connectivity index (χ3n) is 4.54. The van der Waals surface area contributed by atoms with Gasteiger partial charge in [-0.15, -0.1) is 0 Å². The Hall–Kier alpha value is -1.50. The zero-order valence-electron chi connectivity index (χ0n) is 10.2. The van der Waals surface area contributed by atoms with Gasteiger partial charge in [-0.05, 0) is 53.1 Å². The van der Waals surface area contributed by atoms with Crippen molar-refractivity contribution >= 4 is 16.5 Å². The van der Waals surface area contributed by atoms with Crippen molar-refractivity contribution in [1.82, 2.24) is 0 Å². The first-order valence-corrected chi connectivity index (χ1v) is 6.60. The van der Waals surface area contributed by atoms with Crippen molar-refractivity contribution < 1.29 is 0 Å². The van der Waals surface area contributed by atoms with E-state index >= 15 is 0 Å². The SMILES string of the molecule is CN1CCC2CCc3cccc4ccc1c2c34. The molecule has 1 heteroatoms. The molecule has 4 rings (SSSR count). The summed E-state index contributed by atoms with van der Waals surface area (Å²) < 4.78 is 0. The van der Waals surface area contributed by atoms with Crippen LogP contribution in [0.5, 0.6) is 0 Å². The summed E-state index contributed by atoms with van der Waals surface area (Å²) in [6, 6.07) is 11.4. The van der Waals surface area contributed by atoms with Gasteiger partial charge in [0.25, 0.3) is 0 Å². The summed E-state index contributed by atoms with van der Waals surface area (Å²) in [4.78, 5) is 2.42. The average molecular weight is 223 g/mol. The standard InChI is InChI=1S/C16H17N/c1-17-10-9-13-6-5-11-3-2-4-12-7-8-14(17)16(13)15(11)12/h2-4,7-8,13H,5-6,9-10H2,1H3. The first-order chi connectivity index (χ1) is 8.34. The Morgan fingerprint density at radius 3 is 3.00 bits per heavy atom. The highest BCUT2D eigenvalue weighted by atomic mass is 15.1. The normalized spacial score (nSPS) is 21.9. The molecule has 0 saturated carbocycles. The van der Waals surface area contributed by atoms with Gasteiger partial charge >= 0.3 is 0 Å². The molecule has 1 atom stereocenters. The maximum atomic E-state index is 2.42. The molecule has 1 unspecified atom stereocenters. The Bertz CT molecular complexity index is 600. The number of hydrogen-bond donors (Lipinski definition) is 0. The van der Waals surface area contributed by atoms with Crippen LogP contribution in [0.4, 0.5) is 5.69 Å². The predicted molar refractivity (Wildman–Crippen MR) is 72.9 cm³/mol. The Labute approximate surface area is 102 Å². The topological polar surface area (TPSA) is 3.24 Å². The maximum Gasteiger partial charge on any atom is 0.0405 e. The summed E-state index contributed by atoms with van der Waals surface area (Å²) in [5, 5.41) is 2.99. The van der Waals surface area contributed by atoms with E-state index in [2.05, 4.69) is 42.3 Å². The van der Waals surface area contributed by atoms with Gasteiger partial charge in [0, 0.05) is 19.3 Å². The minimum absolute atomic E-state index is 0.805. The number of hydrogen-bond acceptors (Lipinski definition) is 1. The molecule has 0 N–H and O–H groups in total. The van der Waals surface area contributed by atoms with E-state index in [1.165, 1.54) is 36.9 Å². The van der Waals surface area contributed by atoms with Crippen molar-refractivity contribution in [2.24, 2.45) is 0 Å². The van der Waals surface area contributed by atoms with Crippen LogP contribution in [0, 0.1) is 0 Å². The molecule has 1 aliphatic carbocycles. The van der Waals surface area contributed by atoms with Gasteiger partial charge in [-0.2, -0.15) is 0 Å². The molecule has 86 valence electrons. The van der Waals surface area contributed by atoms with Gasteiger partial charge in [0.15, 0.2) is 0 Å². The van der Waals surface area contributed by atoms with Crippen LogP contribution in [0.3, 0.4) is 0 Å². The molecule has 0 fully saturated rings. The minimum Gasteiger partial charge on any atom is -0.374 e. The number of aryl methyl sites for hydroxylation is 1. The predicted octanol–water partition coefficient (Wildman–Crippen LogP) is 3.71. The molecular weight excluding hydrogens is 206 g/mol. The molecule has 0 saturated heterocycles. The molecular formula is C16H17N. The van der Waals surface area contributed by atoms with Crippen LogP contribution in [-0.4, -0.2) is 13.6 Å². The molecule has 0 bridgehead atoms. The second-order valence-corrected chi connectivity index (χ2v) is 5.46. The molecule has 0 amide bonds. The van der Waals surface area contributed by atoms with Crippen molar-refractivity contribution in [3.05, 3.63) is 41.5 Å². The van der Waals surface area contributed by atoms with Crippen LogP contribution in [-0.2, 0) is 6.42 Å². The smallest absolute Gasteiger partial charge is 0.0405 e. The molecule has 0 spiro atoms. The lowest BCUT2D eigenvalue weighted by Crippen LogP contribution is -2.29. The van der Waals surface area contributed by atoms with E-state index in [1.54, 1.807) is 16.5 Å². The highest BCUT2D eigenvalue weighted by Crippen LogP contribution is 2.45. The Morgan fingerprint density at radius 2 is 2.06 bits per heavy atom. The lowest BCUT2D eigenvalue weighted by atomic mass is 9.77. The van der Waals surface area contributed by atoms with Crippen molar-refractivity contribution in [3.63, 3.8) is 0 Å². The Morgan fingerprint density at radius 1 is 1.12 bits per heavy atom. The molecule has 2 aromatic carbocycles. The average Bonchev–Trinajstić information content (AvgIpc) is 2.38.